The number of rotatable bonds is 5. The predicted molar refractivity (Wildman–Crippen MR) is 72.7 cm³/mol. The van der Waals surface area contributed by atoms with Gasteiger partial charge < -0.3 is 15.8 Å². The second-order valence-electron chi connectivity index (χ2n) is 5.06. The smallest absolute Gasteiger partial charge is 0.242 e. The molecular weight excluding hydrogens is 228 g/mol. The zero-order chi connectivity index (χ0) is 13.0. The Labute approximate surface area is 108 Å². The SMILES string of the molecule is CCC1(CNc2ncnc(OC)c2N)CCCC1. The summed E-state index contributed by atoms with van der Waals surface area (Å²) in [5, 5.41) is 3.37. The first-order valence-electron chi connectivity index (χ1n) is 6.59. The molecule has 1 fully saturated rings. The van der Waals surface area contributed by atoms with Crippen LogP contribution in [-0.2, 0) is 0 Å². The standard InChI is InChI=1S/C13H22N4O/c1-3-13(6-4-5-7-13)8-15-11-10(14)12(18-2)17-9-16-11/h9H,3-8,14H2,1-2H3,(H,15,16,17). The maximum Gasteiger partial charge on any atom is 0.242 e. The van der Waals surface area contributed by atoms with Gasteiger partial charge in [-0.2, -0.15) is 4.98 Å². The fourth-order valence-electron chi connectivity index (χ4n) is 2.73. The molecule has 0 atom stereocenters. The van der Waals surface area contributed by atoms with Gasteiger partial charge in [-0.25, -0.2) is 4.98 Å². The highest BCUT2D eigenvalue weighted by Crippen LogP contribution is 2.41. The normalized spacial score (nSPS) is 17.7. The summed E-state index contributed by atoms with van der Waals surface area (Å²) in [6.45, 7) is 3.19. The second-order valence-corrected chi connectivity index (χ2v) is 5.06. The van der Waals surface area contributed by atoms with E-state index in [1.165, 1.54) is 38.4 Å². The van der Waals surface area contributed by atoms with Crippen LogP contribution >= 0.6 is 0 Å². The van der Waals surface area contributed by atoms with Gasteiger partial charge in [0.15, 0.2) is 5.82 Å². The van der Waals surface area contributed by atoms with E-state index in [2.05, 4.69) is 22.2 Å². The van der Waals surface area contributed by atoms with Crippen molar-refractivity contribution in [3.05, 3.63) is 6.33 Å². The van der Waals surface area contributed by atoms with Crippen molar-refractivity contribution in [3.63, 3.8) is 0 Å². The largest absolute Gasteiger partial charge is 0.479 e. The molecule has 0 amide bonds. The molecule has 0 bridgehead atoms. The van der Waals surface area contributed by atoms with E-state index in [1.807, 2.05) is 0 Å². The van der Waals surface area contributed by atoms with Gasteiger partial charge in [0.05, 0.1) is 7.11 Å². The van der Waals surface area contributed by atoms with E-state index in [0.29, 0.717) is 22.8 Å². The maximum atomic E-state index is 5.95. The summed E-state index contributed by atoms with van der Waals surface area (Å²) in [6, 6.07) is 0. The molecule has 3 N–H and O–H groups in total. The molecule has 100 valence electrons. The van der Waals surface area contributed by atoms with Crippen LogP contribution in [0.25, 0.3) is 0 Å². The minimum absolute atomic E-state index is 0.407. The molecule has 0 aliphatic heterocycles. The number of hydrogen-bond donors (Lipinski definition) is 2. The van der Waals surface area contributed by atoms with Crippen LogP contribution in [0.3, 0.4) is 0 Å². The lowest BCUT2D eigenvalue weighted by Crippen LogP contribution is -2.26. The van der Waals surface area contributed by atoms with Crippen LogP contribution < -0.4 is 15.8 Å². The van der Waals surface area contributed by atoms with Crippen LogP contribution in [0.2, 0.25) is 0 Å². The van der Waals surface area contributed by atoms with Gasteiger partial charge in [-0.05, 0) is 24.7 Å². The van der Waals surface area contributed by atoms with Crippen molar-refractivity contribution in [1.82, 2.24) is 9.97 Å². The summed E-state index contributed by atoms with van der Waals surface area (Å²) in [7, 11) is 1.56. The number of nitrogen functional groups attached to an aromatic ring is 1. The van der Waals surface area contributed by atoms with Crippen LogP contribution in [-0.4, -0.2) is 23.6 Å². The topological polar surface area (TPSA) is 73.1 Å². The van der Waals surface area contributed by atoms with Crippen molar-refractivity contribution in [2.24, 2.45) is 5.41 Å². The molecule has 1 heterocycles. The molecule has 18 heavy (non-hydrogen) atoms. The lowest BCUT2D eigenvalue weighted by atomic mass is 9.83. The number of nitrogens with two attached hydrogens (primary N) is 1. The van der Waals surface area contributed by atoms with E-state index in [4.69, 9.17) is 10.5 Å². The molecule has 5 nitrogen and oxygen atoms in total. The fourth-order valence-corrected chi connectivity index (χ4v) is 2.73. The van der Waals surface area contributed by atoms with Crippen LogP contribution in [0, 0.1) is 5.41 Å². The molecule has 1 saturated carbocycles. The van der Waals surface area contributed by atoms with E-state index >= 15 is 0 Å². The zero-order valence-corrected chi connectivity index (χ0v) is 11.2. The molecular formula is C13H22N4O. The van der Waals surface area contributed by atoms with Crippen molar-refractivity contribution in [2.75, 3.05) is 24.7 Å². The number of anilines is 2. The molecule has 0 unspecified atom stereocenters. The quantitative estimate of drug-likeness (QED) is 0.839. The predicted octanol–water partition coefficient (Wildman–Crippen LogP) is 2.45. The van der Waals surface area contributed by atoms with Crippen molar-refractivity contribution >= 4 is 11.5 Å². The molecule has 1 aromatic heterocycles. The van der Waals surface area contributed by atoms with E-state index in [1.54, 1.807) is 7.11 Å². The molecule has 1 aliphatic rings. The molecule has 0 aromatic carbocycles. The molecule has 0 spiro atoms. The third-order valence-electron chi connectivity index (χ3n) is 4.09. The molecule has 2 rings (SSSR count). The summed E-state index contributed by atoms with van der Waals surface area (Å²) in [4.78, 5) is 8.16. The van der Waals surface area contributed by atoms with Crippen molar-refractivity contribution < 1.29 is 4.74 Å². The molecule has 1 aromatic rings. The van der Waals surface area contributed by atoms with Crippen molar-refractivity contribution in [2.45, 2.75) is 39.0 Å². The van der Waals surface area contributed by atoms with Gasteiger partial charge in [0, 0.05) is 6.54 Å². The first-order valence-corrected chi connectivity index (χ1v) is 6.59. The van der Waals surface area contributed by atoms with Crippen LogP contribution in [0.4, 0.5) is 11.5 Å². The van der Waals surface area contributed by atoms with E-state index in [0.717, 1.165) is 6.54 Å². The highest BCUT2D eigenvalue weighted by Gasteiger charge is 2.31. The average Bonchev–Trinajstić information content (AvgIpc) is 2.87. The fraction of sp³-hybridized carbons (Fsp3) is 0.692. The molecule has 0 saturated heterocycles. The van der Waals surface area contributed by atoms with Crippen LogP contribution in [0.5, 0.6) is 5.88 Å². The van der Waals surface area contributed by atoms with Gasteiger partial charge in [-0.3, -0.25) is 0 Å². The average molecular weight is 250 g/mol. The van der Waals surface area contributed by atoms with Crippen molar-refractivity contribution in [3.8, 4) is 5.88 Å². The highest BCUT2D eigenvalue weighted by atomic mass is 16.5. The van der Waals surface area contributed by atoms with E-state index in [9.17, 15) is 0 Å². The lowest BCUT2D eigenvalue weighted by Gasteiger charge is -2.28. The van der Waals surface area contributed by atoms with Gasteiger partial charge >= 0.3 is 0 Å². The number of hydrogen-bond acceptors (Lipinski definition) is 5. The minimum atomic E-state index is 0.407. The Hall–Kier alpha value is -1.52. The molecule has 0 radical (unpaired) electrons. The highest BCUT2D eigenvalue weighted by molar-refractivity contribution is 5.66. The summed E-state index contributed by atoms with van der Waals surface area (Å²) >= 11 is 0. The van der Waals surface area contributed by atoms with Crippen LogP contribution in [0.1, 0.15) is 39.0 Å². The van der Waals surface area contributed by atoms with Crippen molar-refractivity contribution in [1.29, 1.82) is 0 Å². The number of methoxy groups -OCH3 is 1. The molecule has 1 aliphatic carbocycles. The Morgan fingerprint density at radius 1 is 1.39 bits per heavy atom. The Kier molecular flexibility index (Phi) is 3.89. The minimum Gasteiger partial charge on any atom is -0.479 e. The van der Waals surface area contributed by atoms with E-state index in [-0.39, 0.29) is 0 Å². The summed E-state index contributed by atoms with van der Waals surface area (Å²) < 4.78 is 5.09. The van der Waals surface area contributed by atoms with E-state index < -0.39 is 0 Å². The van der Waals surface area contributed by atoms with Gasteiger partial charge in [-0.1, -0.05) is 19.8 Å². The first-order chi connectivity index (χ1) is 8.71. The Morgan fingerprint density at radius 2 is 2.11 bits per heavy atom. The van der Waals surface area contributed by atoms with Crippen LogP contribution in [0.15, 0.2) is 6.33 Å². The number of aromatic nitrogens is 2. The maximum absolute atomic E-state index is 5.95. The monoisotopic (exact) mass is 250 g/mol. The number of nitrogens with one attached hydrogen (secondary N) is 1. The first kappa shape index (κ1) is 12.9. The second kappa shape index (κ2) is 5.42. The van der Waals surface area contributed by atoms with Gasteiger partial charge in [0.1, 0.15) is 12.0 Å². The third-order valence-corrected chi connectivity index (χ3v) is 4.09. The van der Waals surface area contributed by atoms with Gasteiger partial charge in [0.25, 0.3) is 0 Å². The summed E-state index contributed by atoms with van der Waals surface area (Å²) in [5.41, 5.74) is 6.85. The molecule has 5 heteroatoms. The van der Waals surface area contributed by atoms with Gasteiger partial charge in [0.2, 0.25) is 5.88 Å². The van der Waals surface area contributed by atoms with Gasteiger partial charge in [-0.15, -0.1) is 0 Å². The Morgan fingerprint density at radius 3 is 2.72 bits per heavy atom. The lowest BCUT2D eigenvalue weighted by molar-refractivity contribution is 0.306. The zero-order valence-electron chi connectivity index (χ0n) is 11.2. The number of ether oxygens (including phenoxy) is 1. The summed E-state index contributed by atoms with van der Waals surface area (Å²) in [5.74, 6) is 1.12. The Balaban J connectivity index is 2.05. The Bertz CT molecular complexity index is 402. The third kappa shape index (κ3) is 2.49. The number of nitrogens with zero attached hydrogens (tertiary/aromatic N) is 2. The summed E-state index contributed by atoms with van der Waals surface area (Å²) in [6.07, 6.45) is 7.92.